The molecular formula is C17H15F6NO3S. The van der Waals surface area contributed by atoms with Crippen LogP contribution in [0.2, 0.25) is 0 Å². The van der Waals surface area contributed by atoms with E-state index in [1.54, 1.807) is 13.8 Å². The molecule has 0 bridgehead atoms. The van der Waals surface area contributed by atoms with Crippen molar-refractivity contribution >= 4 is 15.7 Å². The monoisotopic (exact) mass is 427 g/mol. The average molecular weight is 427 g/mol. The summed E-state index contributed by atoms with van der Waals surface area (Å²) in [7, 11) is -4.71. The Morgan fingerprint density at radius 2 is 1.32 bits per heavy atom. The molecule has 0 saturated carbocycles. The quantitative estimate of drug-likeness (QED) is 0.658. The fraction of sp³-hybridized carbons (Fsp3) is 0.294. The molecule has 0 spiro atoms. The molecule has 0 unspecified atom stereocenters. The first-order valence-corrected chi connectivity index (χ1v) is 9.26. The van der Waals surface area contributed by atoms with E-state index in [1.165, 1.54) is 24.3 Å². The second-order valence-electron chi connectivity index (χ2n) is 6.04. The summed E-state index contributed by atoms with van der Waals surface area (Å²) >= 11 is 0. The number of sulfonamides is 1. The summed E-state index contributed by atoms with van der Waals surface area (Å²) in [5.41, 5.74) is -3.49. The highest BCUT2D eigenvalue weighted by molar-refractivity contribution is 7.92. The highest BCUT2D eigenvalue weighted by Gasteiger charge is 2.38. The molecule has 0 fully saturated rings. The molecule has 4 nitrogen and oxygen atoms in total. The third-order valence-corrected chi connectivity index (χ3v) is 4.71. The van der Waals surface area contributed by atoms with Crippen LogP contribution in [0.5, 0.6) is 5.75 Å². The number of ether oxygens (including phenoxy) is 1. The lowest BCUT2D eigenvalue weighted by Crippen LogP contribution is -2.17. The van der Waals surface area contributed by atoms with Gasteiger partial charge in [-0.2, -0.15) is 26.3 Å². The summed E-state index contributed by atoms with van der Waals surface area (Å²) in [5, 5.41) is 0. The van der Waals surface area contributed by atoms with Crippen molar-refractivity contribution < 1.29 is 39.5 Å². The Hall–Kier alpha value is -2.43. The predicted octanol–water partition coefficient (Wildman–Crippen LogP) is 5.31. The third-order valence-electron chi connectivity index (χ3n) is 3.35. The maximum Gasteiger partial charge on any atom is 0.416 e. The van der Waals surface area contributed by atoms with Gasteiger partial charge in [0.05, 0.1) is 22.1 Å². The first-order chi connectivity index (χ1) is 12.7. The van der Waals surface area contributed by atoms with Gasteiger partial charge in [-0.25, -0.2) is 8.42 Å². The number of hydrogen-bond acceptors (Lipinski definition) is 3. The molecule has 0 aliphatic rings. The van der Waals surface area contributed by atoms with E-state index in [9.17, 15) is 34.8 Å². The molecule has 11 heteroatoms. The maximum atomic E-state index is 12.9. The highest BCUT2D eigenvalue weighted by Crippen LogP contribution is 2.37. The van der Waals surface area contributed by atoms with Crippen LogP contribution >= 0.6 is 0 Å². The molecule has 0 aliphatic carbocycles. The number of halogens is 6. The van der Waals surface area contributed by atoms with Crippen molar-refractivity contribution in [2.45, 2.75) is 37.2 Å². The van der Waals surface area contributed by atoms with Gasteiger partial charge in [0.25, 0.3) is 10.0 Å². The lowest BCUT2D eigenvalue weighted by atomic mass is 10.1. The van der Waals surface area contributed by atoms with Crippen molar-refractivity contribution in [3.8, 4) is 5.75 Å². The minimum absolute atomic E-state index is 0.0536. The first kappa shape index (κ1) is 21.9. The number of rotatable bonds is 5. The topological polar surface area (TPSA) is 55.4 Å². The Balaban J connectivity index is 2.41. The molecule has 154 valence electrons. The highest BCUT2D eigenvalue weighted by atomic mass is 32.2. The fourth-order valence-electron chi connectivity index (χ4n) is 2.17. The fourth-order valence-corrected chi connectivity index (χ4v) is 3.30. The smallest absolute Gasteiger partial charge is 0.416 e. The average Bonchev–Trinajstić information content (AvgIpc) is 2.54. The number of anilines is 1. The Bertz CT molecular complexity index is 903. The molecule has 0 aliphatic heterocycles. The van der Waals surface area contributed by atoms with Gasteiger partial charge in [-0.3, -0.25) is 4.72 Å². The van der Waals surface area contributed by atoms with Gasteiger partial charge < -0.3 is 4.74 Å². The molecule has 28 heavy (non-hydrogen) atoms. The van der Waals surface area contributed by atoms with Crippen LogP contribution in [0.4, 0.5) is 32.0 Å². The van der Waals surface area contributed by atoms with Crippen LogP contribution < -0.4 is 9.46 Å². The number of alkyl halides is 6. The predicted molar refractivity (Wildman–Crippen MR) is 89.5 cm³/mol. The van der Waals surface area contributed by atoms with E-state index >= 15 is 0 Å². The Morgan fingerprint density at radius 3 is 1.71 bits per heavy atom. The summed E-state index contributed by atoms with van der Waals surface area (Å²) < 4.78 is 109. The van der Waals surface area contributed by atoms with Crippen molar-refractivity contribution in [2.75, 3.05) is 4.72 Å². The molecule has 0 amide bonds. The van der Waals surface area contributed by atoms with Crippen LogP contribution in [0.1, 0.15) is 25.0 Å². The summed E-state index contributed by atoms with van der Waals surface area (Å²) in [4.78, 5) is -1.16. The molecule has 0 radical (unpaired) electrons. The van der Waals surface area contributed by atoms with Crippen LogP contribution in [0.25, 0.3) is 0 Å². The minimum atomic E-state index is -5.15. The summed E-state index contributed by atoms with van der Waals surface area (Å²) in [6.45, 7) is 3.53. The summed E-state index contributed by atoms with van der Waals surface area (Å²) in [6.07, 6.45) is -10.4. The van der Waals surface area contributed by atoms with E-state index in [2.05, 4.69) is 0 Å². The van der Waals surface area contributed by atoms with Gasteiger partial charge in [-0.15, -0.1) is 0 Å². The zero-order chi connectivity index (χ0) is 21.3. The number of benzene rings is 2. The van der Waals surface area contributed by atoms with Crippen LogP contribution in [0.3, 0.4) is 0 Å². The molecular weight excluding hydrogens is 412 g/mol. The van der Waals surface area contributed by atoms with Crippen molar-refractivity contribution in [2.24, 2.45) is 0 Å². The third kappa shape index (κ3) is 5.54. The zero-order valence-electron chi connectivity index (χ0n) is 14.5. The van der Waals surface area contributed by atoms with E-state index in [4.69, 9.17) is 4.74 Å². The maximum absolute atomic E-state index is 12.9. The van der Waals surface area contributed by atoms with Crippen molar-refractivity contribution in [3.05, 3.63) is 53.6 Å². The van der Waals surface area contributed by atoms with Gasteiger partial charge in [0.1, 0.15) is 5.75 Å². The molecule has 0 saturated heterocycles. The Morgan fingerprint density at radius 1 is 0.857 bits per heavy atom. The number of nitrogens with one attached hydrogen (secondary N) is 1. The van der Waals surface area contributed by atoms with E-state index in [1.807, 2.05) is 4.72 Å². The Labute approximate surface area is 157 Å². The van der Waals surface area contributed by atoms with Crippen LogP contribution in [0.15, 0.2) is 47.4 Å². The second kappa shape index (κ2) is 7.53. The summed E-state index contributed by atoms with van der Waals surface area (Å²) in [5.74, 6) is 0.413. The molecule has 2 aromatic carbocycles. The molecule has 1 N–H and O–H groups in total. The van der Waals surface area contributed by atoms with Crippen LogP contribution in [0, 0.1) is 0 Å². The standard InChI is InChI=1S/C17H15F6NO3S/c1-10(2)27-14-5-3-13(4-6-14)24-28(25,26)15-8-11(16(18,19)20)7-12(9-15)17(21,22)23/h3-10,24H,1-2H3. The van der Waals surface area contributed by atoms with Crippen LogP contribution in [-0.4, -0.2) is 14.5 Å². The molecule has 2 aromatic rings. The summed E-state index contributed by atoms with van der Waals surface area (Å²) in [6, 6.07) is 5.51. The lowest BCUT2D eigenvalue weighted by molar-refractivity contribution is -0.143. The zero-order valence-corrected chi connectivity index (χ0v) is 15.3. The first-order valence-electron chi connectivity index (χ1n) is 7.77. The van der Waals surface area contributed by atoms with Crippen molar-refractivity contribution in [3.63, 3.8) is 0 Å². The normalized spacial score (nSPS) is 12.9. The van der Waals surface area contributed by atoms with E-state index < -0.39 is 38.4 Å². The van der Waals surface area contributed by atoms with Crippen molar-refractivity contribution in [1.29, 1.82) is 0 Å². The van der Waals surface area contributed by atoms with E-state index in [-0.39, 0.29) is 30.0 Å². The van der Waals surface area contributed by atoms with Gasteiger partial charge in [0.15, 0.2) is 0 Å². The lowest BCUT2D eigenvalue weighted by Gasteiger charge is -2.15. The largest absolute Gasteiger partial charge is 0.491 e. The van der Waals surface area contributed by atoms with Gasteiger partial charge in [-0.05, 0) is 56.3 Å². The van der Waals surface area contributed by atoms with Gasteiger partial charge in [0.2, 0.25) is 0 Å². The number of hydrogen-bond donors (Lipinski definition) is 1. The second-order valence-corrected chi connectivity index (χ2v) is 7.72. The Kier molecular flexibility index (Phi) is 5.88. The molecule has 0 atom stereocenters. The molecule has 0 aromatic heterocycles. The van der Waals surface area contributed by atoms with Gasteiger partial charge in [-0.1, -0.05) is 0 Å². The van der Waals surface area contributed by atoms with E-state index in [0.717, 1.165) is 0 Å². The van der Waals surface area contributed by atoms with Crippen molar-refractivity contribution in [1.82, 2.24) is 0 Å². The molecule has 0 heterocycles. The van der Waals surface area contributed by atoms with E-state index in [0.29, 0.717) is 5.75 Å². The molecule has 2 rings (SSSR count). The SMILES string of the molecule is CC(C)Oc1ccc(NS(=O)(=O)c2cc(C(F)(F)F)cc(C(F)(F)F)c2)cc1. The van der Waals surface area contributed by atoms with Gasteiger partial charge in [0, 0.05) is 5.69 Å². The van der Waals surface area contributed by atoms with Crippen LogP contribution in [-0.2, 0) is 22.4 Å². The van der Waals surface area contributed by atoms with Gasteiger partial charge >= 0.3 is 12.4 Å². The minimum Gasteiger partial charge on any atom is -0.491 e.